The van der Waals surface area contributed by atoms with Gasteiger partial charge in [0.25, 0.3) is 0 Å². The Morgan fingerprint density at radius 3 is 1.42 bits per heavy atom. The molecule has 0 spiro atoms. The van der Waals surface area contributed by atoms with Gasteiger partial charge in [-0.2, -0.15) is 0 Å². The van der Waals surface area contributed by atoms with Gasteiger partial charge in [-0.25, -0.2) is 0 Å². The van der Waals surface area contributed by atoms with Crippen molar-refractivity contribution < 1.29 is 40.0 Å². The van der Waals surface area contributed by atoms with Crippen molar-refractivity contribution in [3.63, 3.8) is 0 Å². The van der Waals surface area contributed by atoms with Crippen molar-refractivity contribution in [1.82, 2.24) is 0 Å². The zero-order valence-electron chi connectivity index (χ0n) is 12.8. The van der Waals surface area contributed by atoms with E-state index in [9.17, 15) is 0 Å². The van der Waals surface area contributed by atoms with Crippen LogP contribution in [-0.2, 0) is 24.7 Å². The van der Waals surface area contributed by atoms with Crippen LogP contribution in [0.3, 0.4) is 0 Å². The Morgan fingerprint density at radius 1 is 0.842 bits per heavy atom. The second kappa shape index (κ2) is 20.6. The third kappa shape index (κ3) is 23.7. The summed E-state index contributed by atoms with van der Waals surface area (Å²) in [6, 6.07) is 0. The Kier molecular flexibility index (Phi) is 26.3. The van der Waals surface area contributed by atoms with Gasteiger partial charge in [-0.05, 0) is 0 Å². The number of allylic oxidation sites excluding steroid dienone is 4. The molecule has 1 aliphatic rings. The SMILES string of the molecule is CCCC[C]1([Zr+3])C=CC=C1.CC[O-].CC[O-].CC[O-]. The fourth-order valence-corrected chi connectivity index (χ4v) is 2.05. The van der Waals surface area contributed by atoms with Gasteiger partial charge in [0.1, 0.15) is 0 Å². The third-order valence-corrected chi connectivity index (χ3v) is 3.28. The molecule has 3 nitrogen and oxygen atoms in total. The molecule has 0 atom stereocenters. The largest absolute Gasteiger partial charge is 0.855 e. The first-order chi connectivity index (χ1) is 9.01. The van der Waals surface area contributed by atoms with E-state index in [1.807, 2.05) is 0 Å². The van der Waals surface area contributed by atoms with Gasteiger partial charge < -0.3 is 15.3 Å². The van der Waals surface area contributed by atoms with Crippen molar-refractivity contribution in [3.8, 4) is 0 Å². The van der Waals surface area contributed by atoms with E-state index in [2.05, 4.69) is 31.2 Å². The van der Waals surface area contributed by atoms with Gasteiger partial charge in [0.15, 0.2) is 0 Å². The molecule has 0 fully saturated rings. The minimum absolute atomic E-state index is 0. The average molecular weight is 348 g/mol. The van der Waals surface area contributed by atoms with E-state index < -0.39 is 0 Å². The minimum Gasteiger partial charge on any atom is -0.855 e. The Hall–Kier alpha value is 0.243. The number of hydrogen-bond acceptors (Lipinski definition) is 3. The van der Waals surface area contributed by atoms with E-state index in [0.29, 0.717) is 3.12 Å². The molecule has 0 N–H and O–H groups in total. The van der Waals surface area contributed by atoms with Crippen molar-refractivity contribution >= 4 is 0 Å². The van der Waals surface area contributed by atoms with Crippen LogP contribution in [0.2, 0.25) is 3.12 Å². The molecule has 19 heavy (non-hydrogen) atoms. The quantitative estimate of drug-likeness (QED) is 0.768. The van der Waals surface area contributed by atoms with Crippen LogP contribution >= 0.6 is 0 Å². The molecule has 0 heterocycles. The normalized spacial score (nSPS) is 13.5. The molecule has 4 heteroatoms. The van der Waals surface area contributed by atoms with Crippen molar-refractivity contribution in [2.45, 2.75) is 50.1 Å². The zero-order chi connectivity index (χ0) is 15.6. The van der Waals surface area contributed by atoms with Crippen LogP contribution < -0.4 is 15.3 Å². The molecule has 0 unspecified atom stereocenters. The molecule has 1 aliphatic carbocycles. The fourth-order valence-electron chi connectivity index (χ4n) is 1.15. The smallest absolute Gasteiger partial charge is 0.0809 e. The first-order valence-corrected chi connectivity index (χ1v) is 8.10. The Morgan fingerprint density at radius 2 is 1.16 bits per heavy atom. The summed E-state index contributed by atoms with van der Waals surface area (Å²) in [6.45, 7) is 6.96. The van der Waals surface area contributed by atoms with Gasteiger partial charge in [-0.3, -0.25) is 0 Å². The Bertz CT molecular complexity index is 187. The molecule has 0 radical (unpaired) electrons. The standard InChI is InChI=1S/C9H13.3C2H5O.Zr/c1-2-3-6-9-7-4-5-8-9;3*1-2-3;/h4-5,7-8H,2-3,6H2,1H3;3*2H2,1H3;/q;3*-1;+3. The summed E-state index contributed by atoms with van der Waals surface area (Å²) in [4.78, 5) is 0. The summed E-state index contributed by atoms with van der Waals surface area (Å²) in [6.07, 6.45) is 13.0. The predicted molar refractivity (Wildman–Crippen MR) is 72.1 cm³/mol. The summed E-state index contributed by atoms with van der Waals surface area (Å²) >= 11 is 1.63. The maximum Gasteiger partial charge on any atom is -0.0809 e. The second-order valence-electron chi connectivity index (χ2n) is 3.73. The van der Waals surface area contributed by atoms with Gasteiger partial charge in [0.2, 0.25) is 0 Å². The fraction of sp³-hybridized carbons (Fsp3) is 0.733. The van der Waals surface area contributed by atoms with Crippen LogP contribution in [0, 0.1) is 0 Å². The third-order valence-electron chi connectivity index (χ3n) is 1.84. The van der Waals surface area contributed by atoms with Crippen LogP contribution in [0.25, 0.3) is 0 Å². The van der Waals surface area contributed by atoms with E-state index in [1.54, 1.807) is 45.5 Å². The van der Waals surface area contributed by atoms with Gasteiger partial charge in [0, 0.05) is 0 Å². The summed E-state index contributed by atoms with van der Waals surface area (Å²) in [5.74, 6) is 0. The van der Waals surface area contributed by atoms with Crippen molar-refractivity contribution in [2.75, 3.05) is 19.8 Å². The first kappa shape index (κ1) is 24.3. The molecule has 0 saturated carbocycles. The topological polar surface area (TPSA) is 69.2 Å². The van der Waals surface area contributed by atoms with Crippen molar-refractivity contribution in [3.05, 3.63) is 24.3 Å². The maximum atomic E-state index is 8.93. The van der Waals surface area contributed by atoms with Gasteiger partial charge >= 0.3 is 78.3 Å². The molecule has 0 aliphatic heterocycles. The molecule has 110 valence electrons. The molecule has 0 aromatic carbocycles. The zero-order valence-corrected chi connectivity index (χ0v) is 15.2. The Labute approximate surface area is 134 Å². The van der Waals surface area contributed by atoms with E-state index in [0.717, 1.165) is 0 Å². The van der Waals surface area contributed by atoms with Crippen LogP contribution in [0.1, 0.15) is 47.0 Å². The summed E-state index contributed by atoms with van der Waals surface area (Å²) in [5, 5.41) is 26.8. The van der Waals surface area contributed by atoms with Gasteiger partial charge in [-0.1, -0.05) is 20.8 Å². The molecule has 0 amide bonds. The summed E-state index contributed by atoms with van der Waals surface area (Å²) in [5.41, 5.74) is 0. The minimum atomic E-state index is 0. The summed E-state index contributed by atoms with van der Waals surface area (Å²) in [7, 11) is 0. The van der Waals surface area contributed by atoms with Gasteiger partial charge in [-0.15, -0.1) is 19.8 Å². The van der Waals surface area contributed by atoms with Crippen LogP contribution in [-0.4, -0.2) is 19.8 Å². The average Bonchev–Trinajstić information content (AvgIpc) is 2.77. The molecular formula is C15H28O3Zr. The predicted octanol–water partition coefficient (Wildman–Crippen LogP) is 1.11. The van der Waals surface area contributed by atoms with Crippen molar-refractivity contribution in [1.29, 1.82) is 0 Å². The van der Waals surface area contributed by atoms with E-state index in [4.69, 9.17) is 15.3 Å². The maximum absolute atomic E-state index is 8.93. The molecule has 0 aromatic heterocycles. The summed E-state index contributed by atoms with van der Waals surface area (Å²) < 4.78 is 0.475. The monoisotopic (exact) mass is 346 g/mol. The molecule has 0 bridgehead atoms. The number of unbranched alkanes of at least 4 members (excludes halogenated alkanes) is 1. The first-order valence-electron chi connectivity index (χ1n) is 6.88. The van der Waals surface area contributed by atoms with E-state index in [-0.39, 0.29) is 19.8 Å². The van der Waals surface area contributed by atoms with Crippen molar-refractivity contribution in [2.24, 2.45) is 0 Å². The van der Waals surface area contributed by atoms with E-state index in [1.165, 1.54) is 19.3 Å². The van der Waals surface area contributed by atoms with Gasteiger partial charge in [0.05, 0.1) is 0 Å². The second-order valence-corrected chi connectivity index (χ2v) is 6.02. The molecule has 1 rings (SSSR count). The number of rotatable bonds is 3. The Balaban J connectivity index is -0.000000238. The molecule has 0 aromatic rings. The van der Waals surface area contributed by atoms with E-state index >= 15 is 0 Å². The van der Waals surface area contributed by atoms with Crippen LogP contribution in [0.5, 0.6) is 0 Å². The van der Waals surface area contributed by atoms with Crippen LogP contribution in [0.4, 0.5) is 0 Å². The molecule has 0 saturated heterocycles. The van der Waals surface area contributed by atoms with Crippen LogP contribution in [0.15, 0.2) is 24.3 Å². The number of hydrogen-bond donors (Lipinski definition) is 0. The molecular weight excluding hydrogens is 319 g/mol.